The lowest BCUT2D eigenvalue weighted by Gasteiger charge is -2.21. The molecule has 1 fully saturated rings. The highest BCUT2D eigenvalue weighted by atomic mass is 35.5. The number of ether oxygens (including phenoxy) is 1. The number of hydrogen-bond donors (Lipinski definition) is 0. The average molecular weight is 283 g/mol. The van der Waals surface area contributed by atoms with Gasteiger partial charge < -0.3 is 4.74 Å². The molecule has 0 aliphatic carbocycles. The van der Waals surface area contributed by atoms with Gasteiger partial charge in [0.15, 0.2) is 5.82 Å². The summed E-state index contributed by atoms with van der Waals surface area (Å²) < 4.78 is 5.78. The lowest BCUT2D eigenvalue weighted by molar-refractivity contribution is 0.00967. The summed E-state index contributed by atoms with van der Waals surface area (Å²) in [5, 5.41) is 1.51. The number of thiophene rings is 1. The molecular weight excluding hydrogens is 268 g/mol. The molecule has 2 aromatic rings. The van der Waals surface area contributed by atoms with E-state index in [9.17, 15) is 0 Å². The van der Waals surface area contributed by atoms with Crippen molar-refractivity contribution in [3.8, 4) is 0 Å². The number of aryl methyl sites for hydroxylation is 1. The number of aromatic nitrogens is 2. The molecule has 1 unspecified atom stereocenters. The van der Waals surface area contributed by atoms with Gasteiger partial charge in [0, 0.05) is 16.9 Å². The quantitative estimate of drug-likeness (QED) is 0.783. The van der Waals surface area contributed by atoms with Crippen molar-refractivity contribution >= 4 is 33.2 Å². The highest BCUT2D eigenvalue weighted by Crippen LogP contribution is 2.37. The highest BCUT2D eigenvalue weighted by molar-refractivity contribution is 7.18. The molecule has 1 aliphatic heterocycles. The molecule has 2 aromatic heterocycles. The van der Waals surface area contributed by atoms with Gasteiger partial charge in [-0.1, -0.05) is 18.5 Å². The molecule has 0 spiro atoms. The topological polar surface area (TPSA) is 35.0 Å². The van der Waals surface area contributed by atoms with E-state index in [1.807, 2.05) is 6.92 Å². The largest absolute Gasteiger partial charge is 0.367 e. The lowest BCUT2D eigenvalue weighted by Crippen LogP contribution is -2.23. The maximum absolute atomic E-state index is 6.27. The zero-order valence-corrected chi connectivity index (χ0v) is 12.1. The van der Waals surface area contributed by atoms with E-state index in [-0.39, 0.29) is 5.60 Å². The Labute approximate surface area is 115 Å². The van der Waals surface area contributed by atoms with Crippen LogP contribution < -0.4 is 0 Å². The second kappa shape index (κ2) is 4.44. The number of nitrogens with zero attached hydrogens (tertiary/aromatic N) is 2. The van der Waals surface area contributed by atoms with Crippen LogP contribution in [0.25, 0.3) is 10.2 Å². The Hall–Kier alpha value is -0.710. The maximum Gasteiger partial charge on any atom is 0.163 e. The summed E-state index contributed by atoms with van der Waals surface area (Å²) in [7, 11) is 0. The fourth-order valence-corrected chi connectivity index (χ4v) is 3.55. The summed E-state index contributed by atoms with van der Waals surface area (Å²) in [6.45, 7) is 4.96. The van der Waals surface area contributed by atoms with Crippen molar-refractivity contribution < 1.29 is 4.74 Å². The number of hydrogen-bond acceptors (Lipinski definition) is 4. The van der Waals surface area contributed by atoms with Gasteiger partial charge in [-0.05, 0) is 32.3 Å². The third kappa shape index (κ3) is 1.92. The normalized spacial score (nSPS) is 23.9. The fraction of sp³-hybridized carbons (Fsp3) is 0.538. The van der Waals surface area contributed by atoms with Gasteiger partial charge in [-0.2, -0.15) is 0 Å². The summed E-state index contributed by atoms with van der Waals surface area (Å²) in [6, 6.07) is 2.09. The van der Waals surface area contributed by atoms with E-state index >= 15 is 0 Å². The molecule has 3 nitrogen and oxygen atoms in total. The van der Waals surface area contributed by atoms with E-state index in [1.54, 1.807) is 11.3 Å². The van der Waals surface area contributed by atoms with Gasteiger partial charge in [-0.25, -0.2) is 9.97 Å². The molecule has 18 heavy (non-hydrogen) atoms. The molecule has 0 bridgehead atoms. The monoisotopic (exact) mass is 282 g/mol. The first kappa shape index (κ1) is 12.3. The molecule has 0 saturated carbocycles. The summed E-state index contributed by atoms with van der Waals surface area (Å²) >= 11 is 7.96. The Balaban J connectivity index is 2.14. The van der Waals surface area contributed by atoms with Crippen molar-refractivity contribution in [2.24, 2.45) is 0 Å². The fourth-order valence-electron chi connectivity index (χ4n) is 2.30. The Morgan fingerprint density at radius 2 is 2.33 bits per heavy atom. The van der Waals surface area contributed by atoms with Gasteiger partial charge >= 0.3 is 0 Å². The Bertz CT molecular complexity index is 590. The van der Waals surface area contributed by atoms with Crippen molar-refractivity contribution in [3.05, 3.63) is 21.9 Å². The third-order valence-corrected chi connectivity index (χ3v) is 4.90. The zero-order valence-electron chi connectivity index (χ0n) is 10.5. The van der Waals surface area contributed by atoms with Gasteiger partial charge in [-0.15, -0.1) is 11.3 Å². The molecule has 0 amide bonds. The van der Waals surface area contributed by atoms with Gasteiger partial charge in [0.25, 0.3) is 0 Å². The van der Waals surface area contributed by atoms with E-state index in [0.717, 1.165) is 41.9 Å². The summed E-state index contributed by atoms with van der Waals surface area (Å²) in [5.41, 5.74) is -0.367. The molecule has 5 heteroatoms. The van der Waals surface area contributed by atoms with Crippen molar-refractivity contribution in [2.45, 2.75) is 38.7 Å². The third-order valence-electron chi connectivity index (χ3n) is 3.44. The van der Waals surface area contributed by atoms with Gasteiger partial charge in [0.2, 0.25) is 0 Å². The van der Waals surface area contributed by atoms with Gasteiger partial charge in [0.1, 0.15) is 15.6 Å². The van der Waals surface area contributed by atoms with Crippen LogP contribution in [-0.2, 0) is 16.8 Å². The van der Waals surface area contributed by atoms with E-state index in [1.165, 1.54) is 4.88 Å². The zero-order chi connectivity index (χ0) is 12.8. The number of fused-ring (bicyclic) bond motifs is 1. The Morgan fingerprint density at radius 1 is 1.50 bits per heavy atom. The standard InChI is InChI=1S/C13H15ClN2OS/c1-3-8-7-9-10(14)15-12(16-11(9)18-8)13(2)5-4-6-17-13/h7H,3-6H2,1-2H3. The van der Waals surface area contributed by atoms with Gasteiger partial charge in [-0.3, -0.25) is 0 Å². The Morgan fingerprint density at radius 3 is 3.00 bits per heavy atom. The van der Waals surface area contributed by atoms with Crippen LogP contribution in [0, 0.1) is 0 Å². The van der Waals surface area contributed by atoms with Crippen LogP contribution in [0.15, 0.2) is 6.07 Å². The summed E-state index contributed by atoms with van der Waals surface area (Å²) in [5.74, 6) is 0.724. The van der Waals surface area contributed by atoms with Gasteiger partial charge in [0.05, 0.1) is 0 Å². The van der Waals surface area contributed by atoms with Crippen molar-refractivity contribution in [3.63, 3.8) is 0 Å². The van der Waals surface area contributed by atoms with E-state index in [2.05, 4.69) is 23.0 Å². The predicted octanol–water partition coefficient (Wildman–Crippen LogP) is 3.93. The molecule has 0 radical (unpaired) electrons. The SMILES string of the molecule is CCc1cc2c(Cl)nc(C3(C)CCCO3)nc2s1. The average Bonchev–Trinajstić information content (AvgIpc) is 2.96. The number of halogens is 1. The van der Waals surface area contributed by atoms with Crippen molar-refractivity contribution in [1.29, 1.82) is 0 Å². The van der Waals surface area contributed by atoms with Crippen LogP contribution in [0.1, 0.15) is 37.4 Å². The van der Waals surface area contributed by atoms with Crippen LogP contribution in [0.4, 0.5) is 0 Å². The molecular formula is C13H15ClN2OS. The minimum Gasteiger partial charge on any atom is -0.367 e. The highest BCUT2D eigenvalue weighted by Gasteiger charge is 2.35. The van der Waals surface area contributed by atoms with E-state index in [0.29, 0.717) is 5.15 Å². The molecule has 1 atom stereocenters. The first-order valence-electron chi connectivity index (χ1n) is 6.23. The van der Waals surface area contributed by atoms with Crippen LogP contribution in [0.2, 0.25) is 5.15 Å². The molecule has 3 rings (SSSR count). The minimum absolute atomic E-state index is 0.367. The molecule has 96 valence electrons. The lowest BCUT2D eigenvalue weighted by atomic mass is 10.0. The second-order valence-corrected chi connectivity index (χ2v) is 6.28. The van der Waals surface area contributed by atoms with Crippen LogP contribution in [0.5, 0.6) is 0 Å². The second-order valence-electron chi connectivity index (χ2n) is 4.81. The number of rotatable bonds is 2. The van der Waals surface area contributed by atoms with Crippen LogP contribution in [0.3, 0.4) is 0 Å². The maximum atomic E-state index is 6.27. The van der Waals surface area contributed by atoms with Crippen LogP contribution in [-0.4, -0.2) is 16.6 Å². The molecule has 1 aliphatic rings. The van der Waals surface area contributed by atoms with Crippen molar-refractivity contribution in [1.82, 2.24) is 9.97 Å². The molecule has 0 aromatic carbocycles. The predicted molar refractivity (Wildman–Crippen MR) is 74.3 cm³/mol. The summed E-state index contributed by atoms with van der Waals surface area (Å²) in [4.78, 5) is 11.4. The Kier molecular flexibility index (Phi) is 3.04. The van der Waals surface area contributed by atoms with E-state index in [4.69, 9.17) is 16.3 Å². The smallest absolute Gasteiger partial charge is 0.163 e. The molecule has 1 saturated heterocycles. The molecule has 3 heterocycles. The van der Waals surface area contributed by atoms with E-state index < -0.39 is 0 Å². The molecule has 0 N–H and O–H groups in total. The summed E-state index contributed by atoms with van der Waals surface area (Å²) in [6.07, 6.45) is 3.02. The van der Waals surface area contributed by atoms with Crippen molar-refractivity contribution in [2.75, 3.05) is 6.61 Å². The van der Waals surface area contributed by atoms with Crippen LogP contribution >= 0.6 is 22.9 Å². The first-order valence-corrected chi connectivity index (χ1v) is 7.42. The minimum atomic E-state index is -0.367. The first-order chi connectivity index (χ1) is 8.62.